The van der Waals surface area contributed by atoms with Crippen LogP contribution in [0.15, 0.2) is 48.5 Å². The van der Waals surface area contributed by atoms with Crippen LogP contribution in [0.25, 0.3) is 0 Å². The topological polar surface area (TPSA) is 55.6 Å². The Balaban J connectivity index is 0.00000288. The van der Waals surface area contributed by atoms with Gasteiger partial charge in [-0.1, -0.05) is 42.0 Å². The minimum absolute atomic E-state index is 0. The van der Waals surface area contributed by atoms with E-state index in [1.54, 1.807) is 25.2 Å². The molecule has 4 nitrogen and oxygen atoms in total. The second-order valence-electron chi connectivity index (χ2n) is 5.43. The SMILES string of the molecule is Cc1ccc(C(N)C(=O)N(C)CCOc2ccccc2F)cc1.Cl. The van der Waals surface area contributed by atoms with Gasteiger partial charge >= 0.3 is 0 Å². The fourth-order valence-electron chi connectivity index (χ4n) is 2.12. The number of carbonyl (C=O) groups is 1. The quantitative estimate of drug-likeness (QED) is 0.869. The summed E-state index contributed by atoms with van der Waals surface area (Å²) in [5.41, 5.74) is 7.88. The van der Waals surface area contributed by atoms with E-state index in [1.165, 1.54) is 11.0 Å². The van der Waals surface area contributed by atoms with Gasteiger partial charge in [-0.05, 0) is 24.6 Å². The van der Waals surface area contributed by atoms with E-state index in [1.807, 2.05) is 31.2 Å². The maximum absolute atomic E-state index is 13.4. The van der Waals surface area contributed by atoms with Crippen LogP contribution in [0, 0.1) is 12.7 Å². The van der Waals surface area contributed by atoms with Crippen LogP contribution >= 0.6 is 12.4 Å². The van der Waals surface area contributed by atoms with Gasteiger partial charge in [0.1, 0.15) is 12.6 Å². The molecule has 0 aliphatic carbocycles. The lowest BCUT2D eigenvalue weighted by molar-refractivity contribution is -0.131. The van der Waals surface area contributed by atoms with Gasteiger partial charge in [-0.25, -0.2) is 4.39 Å². The van der Waals surface area contributed by atoms with Crippen LogP contribution in [0.5, 0.6) is 5.75 Å². The number of benzene rings is 2. The van der Waals surface area contributed by atoms with Crippen molar-refractivity contribution in [1.29, 1.82) is 0 Å². The first-order chi connectivity index (χ1) is 11.0. The number of nitrogens with two attached hydrogens (primary N) is 1. The van der Waals surface area contributed by atoms with Crippen molar-refractivity contribution >= 4 is 18.3 Å². The highest BCUT2D eigenvalue weighted by Crippen LogP contribution is 2.16. The van der Waals surface area contributed by atoms with E-state index in [4.69, 9.17) is 10.5 Å². The van der Waals surface area contributed by atoms with Gasteiger partial charge in [-0.2, -0.15) is 0 Å². The van der Waals surface area contributed by atoms with E-state index in [-0.39, 0.29) is 30.7 Å². The number of para-hydroxylation sites is 1. The number of ether oxygens (including phenoxy) is 1. The van der Waals surface area contributed by atoms with Crippen LogP contribution in [0.3, 0.4) is 0 Å². The van der Waals surface area contributed by atoms with Crippen LogP contribution in [0.1, 0.15) is 17.2 Å². The predicted octanol–water partition coefficient (Wildman–Crippen LogP) is 3.09. The van der Waals surface area contributed by atoms with Crippen molar-refractivity contribution in [1.82, 2.24) is 4.90 Å². The maximum Gasteiger partial charge on any atom is 0.243 e. The molecule has 130 valence electrons. The standard InChI is InChI=1S/C18H21FN2O2.ClH/c1-13-7-9-14(10-8-13)17(20)18(22)21(2)11-12-23-16-6-4-3-5-15(16)19;/h3-10,17H,11-12,20H2,1-2H3;1H. The molecule has 1 unspecified atom stereocenters. The summed E-state index contributed by atoms with van der Waals surface area (Å²) in [7, 11) is 1.65. The highest BCUT2D eigenvalue weighted by Gasteiger charge is 2.19. The molecule has 0 aliphatic heterocycles. The average molecular weight is 353 g/mol. The van der Waals surface area contributed by atoms with Crippen molar-refractivity contribution in [2.45, 2.75) is 13.0 Å². The molecule has 0 spiro atoms. The number of aryl methyl sites for hydroxylation is 1. The fraction of sp³-hybridized carbons (Fsp3) is 0.278. The van der Waals surface area contributed by atoms with Crippen LogP contribution in [-0.4, -0.2) is 31.0 Å². The number of likely N-dealkylation sites (N-methyl/N-ethyl adjacent to an activating group) is 1. The van der Waals surface area contributed by atoms with Crippen LogP contribution in [-0.2, 0) is 4.79 Å². The highest BCUT2D eigenvalue weighted by atomic mass is 35.5. The molecule has 0 saturated carbocycles. The van der Waals surface area contributed by atoms with Gasteiger partial charge < -0.3 is 15.4 Å². The Morgan fingerprint density at radius 2 is 1.83 bits per heavy atom. The first-order valence-electron chi connectivity index (χ1n) is 7.43. The summed E-state index contributed by atoms with van der Waals surface area (Å²) in [5, 5.41) is 0. The molecule has 6 heteroatoms. The van der Waals surface area contributed by atoms with Gasteiger partial charge in [0.15, 0.2) is 11.6 Å². The molecule has 2 aromatic rings. The molecule has 0 radical (unpaired) electrons. The average Bonchev–Trinajstić information content (AvgIpc) is 2.56. The van der Waals surface area contributed by atoms with Gasteiger partial charge in [-0.3, -0.25) is 4.79 Å². The number of nitrogens with zero attached hydrogens (tertiary/aromatic N) is 1. The molecule has 0 aliphatic rings. The molecule has 1 amide bonds. The molecular formula is C18H22ClFN2O2. The molecule has 0 bridgehead atoms. The Hall–Kier alpha value is -2.11. The van der Waals surface area contributed by atoms with E-state index in [0.717, 1.165) is 11.1 Å². The Labute approximate surface area is 147 Å². The molecule has 0 saturated heterocycles. The third kappa shape index (κ3) is 5.22. The van der Waals surface area contributed by atoms with Crippen molar-refractivity contribution in [2.75, 3.05) is 20.2 Å². The normalized spacial score (nSPS) is 11.3. The summed E-state index contributed by atoms with van der Waals surface area (Å²) in [6.07, 6.45) is 0. The Morgan fingerprint density at radius 3 is 2.46 bits per heavy atom. The lowest BCUT2D eigenvalue weighted by atomic mass is 10.1. The smallest absolute Gasteiger partial charge is 0.243 e. The summed E-state index contributed by atoms with van der Waals surface area (Å²) < 4.78 is 18.8. The molecule has 1 atom stereocenters. The second-order valence-corrected chi connectivity index (χ2v) is 5.43. The Kier molecular flexibility index (Phi) is 7.68. The summed E-state index contributed by atoms with van der Waals surface area (Å²) in [4.78, 5) is 13.8. The first kappa shape index (κ1) is 19.9. The van der Waals surface area contributed by atoms with Gasteiger partial charge in [0.25, 0.3) is 0 Å². The van der Waals surface area contributed by atoms with E-state index in [0.29, 0.717) is 6.54 Å². The largest absolute Gasteiger partial charge is 0.489 e. The first-order valence-corrected chi connectivity index (χ1v) is 7.43. The fourth-order valence-corrected chi connectivity index (χ4v) is 2.12. The minimum Gasteiger partial charge on any atom is -0.489 e. The second kappa shape index (κ2) is 9.25. The van der Waals surface area contributed by atoms with Gasteiger partial charge in [0, 0.05) is 7.05 Å². The highest BCUT2D eigenvalue weighted by molar-refractivity contribution is 5.85. The molecule has 2 N–H and O–H groups in total. The summed E-state index contributed by atoms with van der Waals surface area (Å²) >= 11 is 0. The third-order valence-electron chi connectivity index (χ3n) is 3.60. The number of carbonyl (C=O) groups excluding carboxylic acids is 1. The Bertz CT molecular complexity index is 664. The molecule has 0 heterocycles. The molecule has 0 fully saturated rings. The number of rotatable bonds is 6. The van der Waals surface area contributed by atoms with Gasteiger partial charge in [-0.15, -0.1) is 12.4 Å². The lowest BCUT2D eigenvalue weighted by Gasteiger charge is -2.21. The third-order valence-corrected chi connectivity index (χ3v) is 3.60. The number of hydrogen-bond donors (Lipinski definition) is 1. The predicted molar refractivity (Wildman–Crippen MR) is 94.9 cm³/mol. The van der Waals surface area contributed by atoms with E-state index >= 15 is 0 Å². The maximum atomic E-state index is 13.4. The van der Waals surface area contributed by atoms with Gasteiger partial charge in [0.2, 0.25) is 5.91 Å². The lowest BCUT2D eigenvalue weighted by Crippen LogP contribution is -2.38. The zero-order valence-corrected chi connectivity index (χ0v) is 14.6. The number of halogens is 2. The van der Waals surface area contributed by atoms with Crippen molar-refractivity contribution in [2.24, 2.45) is 5.73 Å². The number of amides is 1. The zero-order chi connectivity index (χ0) is 16.8. The summed E-state index contributed by atoms with van der Waals surface area (Å²) in [6.45, 7) is 2.50. The summed E-state index contributed by atoms with van der Waals surface area (Å²) in [6, 6.07) is 13.0. The van der Waals surface area contributed by atoms with Crippen molar-refractivity contribution in [3.8, 4) is 5.75 Å². The van der Waals surface area contributed by atoms with Crippen molar-refractivity contribution in [3.63, 3.8) is 0 Å². The molecular weight excluding hydrogens is 331 g/mol. The Morgan fingerprint density at radius 1 is 1.21 bits per heavy atom. The molecule has 2 aromatic carbocycles. The van der Waals surface area contributed by atoms with E-state index in [9.17, 15) is 9.18 Å². The van der Waals surface area contributed by atoms with E-state index < -0.39 is 11.9 Å². The monoisotopic (exact) mass is 352 g/mol. The van der Waals surface area contributed by atoms with Gasteiger partial charge in [0.05, 0.1) is 6.54 Å². The molecule has 0 aromatic heterocycles. The van der Waals surface area contributed by atoms with Crippen LogP contribution in [0.2, 0.25) is 0 Å². The van der Waals surface area contributed by atoms with Crippen molar-refractivity contribution < 1.29 is 13.9 Å². The minimum atomic E-state index is -0.714. The summed E-state index contributed by atoms with van der Waals surface area (Å²) in [5.74, 6) is -0.444. The zero-order valence-electron chi connectivity index (χ0n) is 13.7. The van der Waals surface area contributed by atoms with E-state index in [2.05, 4.69) is 0 Å². The number of hydrogen-bond acceptors (Lipinski definition) is 3. The molecule has 2 rings (SSSR count). The van der Waals surface area contributed by atoms with Crippen LogP contribution in [0.4, 0.5) is 4.39 Å². The van der Waals surface area contributed by atoms with Crippen LogP contribution < -0.4 is 10.5 Å². The molecule has 24 heavy (non-hydrogen) atoms. The van der Waals surface area contributed by atoms with Crippen molar-refractivity contribution in [3.05, 3.63) is 65.5 Å².